The molecule has 10 heteroatoms. The molecule has 4 heterocycles. The van der Waals surface area contributed by atoms with E-state index in [1.54, 1.807) is 31.4 Å². The molecule has 10 nitrogen and oxygen atoms in total. The van der Waals surface area contributed by atoms with Gasteiger partial charge in [0.1, 0.15) is 12.6 Å². The second-order valence-electron chi connectivity index (χ2n) is 9.65. The van der Waals surface area contributed by atoms with Gasteiger partial charge in [-0.2, -0.15) is 0 Å². The van der Waals surface area contributed by atoms with Crippen LogP contribution in [0.15, 0.2) is 41.2 Å². The highest BCUT2D eigenvalue weighted by Gasteiger charge is 2.51. The number of nitrogens with zero attached hydrogens (tertiary/aromatic N) is 2. The van der Waals surface area contributed by atoms with Gasteiger partial charge in [0.2, 0.25) is 5.60 Å². The van der Waals surface area contributed by atoms with Gasteiger partial charge in [-0.25, -0.2) is 9.78 Å². The molecule has 0 unspecified atom stereocenters. The number of carboxylic acids is 1. The third kappa shape index (κ3) is 4.07. The van der Waals surface area contributed by atoms with Crippen LogP contribution in [0.2, 0.25) is 0 Å². The number of hydrogen-bond acceptors (Lipinski definition) is 8. The minimum Gasteiger partial charge on any atom is -0.481 e. The van der Waals surface area contributed by atoms with Crippen molar-refractivity contribution < 1.29 is 29.0 Å². The van der Waals surface area contributed by atoms with E-state index in [0.29, 0.717) is 17.9 Å². The van der Waals surface area contributed by atoms with Crippen molar-refractivity contribution in [3.8, 4) is 11.4 Å². The van der Waals surface area contributed by atoms with E-state index in [4.69, 9.17) is 14.5 Å². The van der Waals surface area contributed by atoms with E-state index in [1.807, 2.05) is 30.3 Å². The number of cyclic esters (lactones) is 1. The fraction of sp³-hybridized carbons (Fsp3) is 0.370. The molecule has 5 rings (SSSR count). The molecule has 0 bridgehead atoms. The Hall–Kier alpha value is -4.05. The zero-order valence-corrected chi connectivity index (χ0v) is 20.7. The summed E-state index contributed by atoms with van der Waals surface area (Å²) in [7, 11) is 0. The van der Waals surface area contributed by atoms with Crippen molar-refractivity contribution in [1.82, 2.24) is 14.9 Å². The Kier molecular flexibility index (Phi) is 6.07. The number of rotatable bonds is 7. The van der Waals surface area contributed by atoms with E-state index >= 15 is 0 Å². The van der Waals surface area contributed by atoms with Crippen molar-refractivity contribution in [1.29, 1.82) is 0 Å². The van der Waals surface area contributed by atoms with Crippen molar-refractivity contribution in [2.45, 2.75) is 64.4 Å². The number of benzene rings is 1. The molecule has 0 spiro atoms. The summed E-state index contributed by atoms with van der Waals surface area (Å²) in [6.45, 7) is 5.25. The van der Waals surface area contributed by atoms with E-state index in [1.165, 1.54) is 0 Å². The van der Waals surface area contributed by atoms with E-state index in [0.717, 1.165) is 16.5 Å². The van der Waals surface area contributed by atoms with Crippen LogP contribution in [0.25, 0.3) is 22.3 Å². The molecular weight excluding hydrogens is 478 g/mol. The molecule has 192 valence electrons. The van der Waals surface area contributed by atoms with Crippen LogP contribution >= 0.6 is 0 Å². The molecule has 0 saturated heterocycles. The summed E-state index contributed by atoms with van der Waals surface area (Å²) in [5.41, 5.74) is 1.01. The van der Waals surface area contributed by atoms with Crippen molar-refractivity contribution in [2.24, 2.45) is 0 Å². The highest BCUT2D eigenvalue weighted by molar-refractivity contribution is 5.90. The molecule has 0 aliphatic carbocycles. The number of carboxylic acid groups (broad SMARTS) is 1. The topological polar surface area (TPSA) is 137 Å². The van der Waals surface area contributed by atoms with Gasteiger partial charge in [0.15, 0.2) is 0 Å². The number of esters is 2. The third-order valence-corrected chi connectivity index (χ3v) is 6.86. The first kappa shape index (κ1) is 24.6. The summed E-state index contributed by atoms with van der Waals surface area (Å²) in [4.78, 5) is 56.2. The molecule has 1 aromatic carbocycles. The lowest BCUT2D eigenvalue weighted by Crippen LogP contribution is -2.51. The van der Waals surface area contributed by atoms with Crippen LogP contribution in [0.5, 0.6) is 0 Å². The molecule has 3 aromatic rings. The monoisotopic (exact) mass is 505 g/mol. The Morgan fingerprint density at radius 1 is 1.24 bits per heavy atom. The number of carbonyl (C=O) groups excluding carboxylic acids is 2. The maximum Gasteiger partial charge on any atom is 0.355 e. The SMILES string of the molecule is CC[C@@]1(OC(=O)[C@H](CC(=O)O)NC(C)C)C(=O)OCc2c1cc1n(c2=O)Cc2cc3ccccc3nc2-1. The van der Waals surface area contributed by atoms with Crippen LogP contribution in [0.3, 0.4) is 0 Å². The quantitative estimate of drug-likeness (QED) is 0.363. The normalized spacial score (nSPS) is 18.6. The molecule has 2 N–H and O–H groups in total. The van der Waals surface area contributed by atoms with Gasteiger partial charge >= 0.3 is 17.9 Å². The molecule has 2 atom stereocenters. The molecule has 37 heavy (non-hydrogen) atoms. The summed E-state index contributed by atoms with van der Waals surface area (Å²) in [5.74, 6) is -2.91. The first-order valence-corrected chi connectivity index (χ1v) is 12.2. The second-order valence-corrected chi connectivity index (χ2v) is 9.65. The van der Waals surface area contributed by atoms with Crippen LogP contribution in [0.1, 0.15) is 50.3 Å². The van der Waals surface area contributed by atoms with E-state index < -0.39 is 36.0 Å². The van der Waals surface area contributed by atoms with E-state index in [-0.39, 0.29) is 35.8 Å². The highest BCUT2D eigenvalue weighted by atomic mass is 16.6. The number of pyridine rings is 2. The molecule has 0 fully saturated rings. The van der Waals surface area contributed by atoms with E-state index in [9.17, 15) is 24.3 Å². The third-order valence-electron chi connectivity index (χ3n) is 6.86. The van der Waals surface area contributed by atoms with Crippen molar-refractivity contribution in [3.63, 3.8) is 0 Å². The van der Waals surface area contributed by atoms with E-state index in [2.05, 4.69) is 5.32 Å². The molecule has 2 aliphatic rings. The minimum atomic E-state index is -1.89. The van der Waals surface area contributed by atoms with Crippen LogP contribution in [-0.2, 0) is 42.6 Å². The van der Waals surface area contributed by atoms with Crippen molar-refractivity contribution in [3.05, 3.63) is 63.4 Å². The predicted molar refractivity (Wildman–Crippen MR) is 133 cm³/mol. The largest absolute Gasteiger partial charge is 0.481 e. The van der Waals surface area contributed by atoms with Crippen LogP contribution in [-0.4, -0.2) is 44.6 Å². The molecular formula is C27H27N3O7. The van der Waals surface area contributed by atoms with Gasteiger partial charge in [0, 0.05) is 22.6 Å². The van der Waals surface area contributed by atoms with Gasteiger partial charge in [-0.15, -0.1) is 0 Å². The summed E-state index contributed by atoms with van der Waals surface area (Å²) >= 11 is 0. The fourth-order valence-corrected chi connectivity index (χ4v) is 5.11. The molecule has 0 amide bonds. The fourth-order valence-electron chi connectivity index (χ4n) is 5.11. The van der Waals surface area contributed by atoms with Crippen molar-refractivity contribution in [2.75, 3.05) is 0 Å². The lowest BCUT2D eigenvalue weighted by atomic mass is 9.85. The zero-order valence-electron chi connectivity index (χ0n) is 20.7. The Labute approximate surface area is 212 Å². The van der Waals surface area contributed by atoms with Gasteiger partial charge in [0.05, 0.1) is 35.4 Å². The summed E-state index contributed by atoms with van der Waals surface area (Å²) in [6.07, 6.45) is -0.539. The number of para-hydroxylation sites is 1. The van der Waals surface area contributed by atoms with Gasteiger partial charge in [0.25, 0.3) is 5.56 Å². The predicted octanol–water partition coefficient (Wildman–Crippen LogP) is 2.47. The summed E-state index contributed by atoms with van der Waals surface area (Å²) in [5, 5.41) is 13.1. The Morgan fingerprint density at radius 3 is 2.70 bits per heavy atom. The number of carbonyl (C=O) groups is 3. The Morgan fingerprint density at radius 2 is 2.00 bits per heavy atom. The van der Waals surface area contributed by atoms with Crippen LogP contribution in [0.4, 0.5) is 0 Å². The smallest absolute Gasteiger partial charge is 0.355 e. The van der Waals surface area contributed by atoms with Crippen LogP contribution < -0.4 is 10.9 Å². The lowest BCUT2D eigenvalue weighted by molar-refractivity contribution is -0.191. The minimum absolute atomic E-state index is 0.00700. The van der Waals surface area contributed by atoms with Gasteiger partial charge in [-0.1, -0.05) is 39.0 Å². The maximum absolute atomic E-state index is 13.6. The summed E-state index contributed by atoms with van der Waals surface area (Å²) in [6, 6.07) is 9.90. The average Bonchev–Trinajstić information content (AvgIpc) is 3.21. The van der Waals surface area contributed by atoms with Crippen molar-refractivity contribution >= 4 is 28.8 Å². The summed E-state index contributed by atoms with van der Waals surface area (Å²) < 4.78 is 12.7. The molecule has 2 aliphatic heterocycles. The first-order valence-electron chi connectivity index (χ1n) is 12.2. The molecule has 2 aromatic heterocycles. The zero-order chi connectivity index (χ0) is 26.5. The van der Waals surface area contributed by atoms with Gasteiger partial charge in [-0.05, 0) is 24.6 Å². The molecule has 0 radical (unpaired) electrons. The second kappa shape index (κ2) is 9.11. The Balaban J connectivity index is 1.63. The first-order chi connectivity index (χ1) is 17.6. The number of aromatic nitrogens is 2. The highest BCUT2D eigenvalue weighted by Crippen LogP contribution is 2.41. The Bertz CT molecular complexity index is 1510. The maximum atomic E-state index is 13.6. The number of aliphatic carboxylic acids is 1. The van der Waals surface area contributed by atoms with Crippen LogP contribution in [0, 0.1) is 0 Å². The number of hydrogen-bond donors (Lipinski definition) is 2. The van der Waals surface area contributed by atoms with Gasteiger partial charge in [-0.3, -0.25) is 14.4 Å². The standard InChI is InChI=1S/C27H27N3O7/c1-4-27(37-25(34)20(11-22(31)32)28-14(2)3)18-10-21-23-16(9-15-7-5-6-8-19(15)29-23)12-30(21)24(33)17(18)13-36-26(27)35/h5-10,14,20,28H,4,11-13H2,1-3H3,(H,31,32)/t20-,27-/m0/s1. The number of nitrogens with one attached hydrogen (secondary N) is 1. The lowest BCUT2D eigenvalue weighted by Gasteiger charge is -2.36. The van der Waals surface area contributed by atoms with Gasteiger partial charge < -0.3 is 24.5 Å². The average molecular weight is 506 g/mol. The number of ether oxygens (including phenoxy) is 2. The number of fused-ring (bicyclic) bond motifs is 5. The molecule has 0 saturated carbocycles.